The van der Waals surface area contributed by atoms with Crippen LogP contribution in [0.4, 0.5) is 0 Å². The summed E-state index contributed by atoms with van der Waals surface area (Å²) in [6.45, 7) is 4.64. The zero-order chi connectivity index (χ0) is 48.4. The lowest BCUT2D eigenvalue weighted by Crippen LogP contribution is -2.40. The fraction of sp³-hybridized carbons (Fsp3) is 0.632. The number of hydrogen-bond acceptors (Lipinski definition) is 7. The number of unbranched alkanes of at least 4 members (excludes halogenated alkanes) is 12. The molecule has 0 aliphatic heterocycles. The van der Waals surface area contributed by atoms with Crippen molar-refractivity contribution < 1.29 is 42.9 Å². The molecule has 2 atom stereocenters. The van der Waals surface area contributed by atoms with E-state index in [-0.39, 0.29) is 32.2 Å². The molecule has 0 radical (unpaired) electrons. The van der Waals surface area contributed by atoms with Gasteiger partial charge in [-0.2, -0.15) is 0 Å². The quantitative estimate of drug-likeness (QED) is 0.0212. The van der Waals surface area contributed by atoms with Crippen LogP contribution in [0.25, 0.3) is 0 Å². The van der Waals surface area contributed by atoms with Crippen LogP contribution in [0.15, 0.2) is 109 Å². The number of carbonyl (C=O) groups is 3. The van der Waals surface area contributed by atoms with E-state index in [1.807, 2.05) is 21.1 Å². The van der Waals surface area contributed by atoms with Crippen LogP contribution in [0, 0.1) is 0 Å². The van der Waals surface area contributed by atoms with Crippen LogP contribution >= 0.6 is 0 Å². The third-order valence-corrected chi connectivity index (χ3v) is 10.3. The molecule has 0 spiro atoms. The van der Waals surface area contributed by atoms with Gasteiger partial charge in [0, 0.05) is 12.8 Å². The van der Waals surface area contributed by atoms with Gasteiger partial charge >= 0.3 is 17.9 Å². The van der Waals surface area contributed by atoms with Crippen LogP contribution in [-0.4, -0.2) is 87.4 Å². The number of esters is 2. The molecule has 0 fully saturated rings. The fourth-order valence-electron chi connectivity index (χ4n) is 6.36. The number of hydrogen-bond donors (Lipinski definition) is 1. The minimum atomic E-state index is -1.51. The average molecular weight is 921 g/mol. The second kappa shape index (κ2) is 47.4. The number of nitrogens with zero attached hydrogens (tertiary/aromatic N) is 1. The van der Waals surface area contributed by atoms with Gasteiger partial charge in [0.1, 0.15) is 13.2 Å². The summed E-state index contributed by atoms with van der Waals surface area (Å²) in [7, 11) is 5.93. The van der Waals surface area contributed by atoms with E-state index in [1.165, 1.54) is 32.1 Å². The molecule has 0 aliphatic rings. The van der Waals surface area contributed by atoms with E-state index in [2.05, 4.69) is 123 Å². The van der Waals surface area contributed by atoms with Crippen molar-refractivity contribution in [1.29, 1.82) is 0 Å². The predicted octanol–water partition coefficient (Wildman–Crippen LogP) is 14.4. The van der Waals surface area contributed by atoms with Gasteiger partial charge in [0.15, 0.2) is 6.10 Å². The Morgan fingerprint density at radius 1 is 0.470 bits per heavy atom. The molecule has 9 nitrogen and oxygen atoms in total. The van der Waals surface area contributed by atoms with E-state index in [9.17, 15) is 19.5 Å². The first-order valence-electron chi connectivity index (χ1n) is 25.6. The molecule has 0 amide bonds. The normalized spacial score (nSPS) is 13.8. The molecular weight excluding hydrogens is 827 g/mol. The number of ether oxygens (including phenoxy) is 4. The number of rotatable bonds is 45. The largest absolute Gasteiger partial charge is 0.477 e. The molecule has 1 N–H and O–H groups in total. The second-order valence-corrected chi connectivity index (χ2v) is 17.8. The van der Waals surface area contributed by atoms with E-state index in [0.29, 0.717) is 23.9 Å². The number of carboxylic acids is 1. The zero-order valence-electron chi connectivity index (χ0n) is 42.3. The molecule has 2 unspecified atom stereocenters. The van der Waals surface area contributed by atoms with Crippen molar-refractivity contribution >= 4 is 17.9 Å². The summed E-state index contributed by atoms with van der Waals surface area (Å²) in [5.74, 6) is -2.05. The number of aliphatic carboxylic acids is 1. The van der Waals surface area contributed by atoms with Crippen LogP contribution < -0.4 is 0 Å². The maximum Gasteiger partial charge on any atom is 0.361 e. The highest BCUT2D eigenvalue weighted by molar-refractivity contribution is 5.71. The summed E-state index contributed by atoms with van der Waals surface area (Å²) in [4.78, 5) is 36.9. The summed E-state index contributed by atoms with van der Waals surface area (Å²) < 4.78 is 22.6. The number of carbonyl (C=O) groups excluding carboxylic acids is 2. The van der Waals surface area contributed by atoms with Gasteiger partial charge < -0.3 is 28.5 Å². The predicted molar refractivity (Wildman–Crippen MR) is 276 cm³/mol. The Morgan fingerprint density at radius 3 is 1.29 bits per heavy atom. The summed E-state index contributed by atoms with van der Waals surface area (Å²) in [6.07, 6.45) is 62.0. The maximum absolute atomic E-state index is 12.7. The highest BCUT2D eigenvalue weighted by Gasteiger charge is 2.25. The van der Waals surface area contributed by atoms with Crippen molar-refractivity contribution in [3.8, 4) is 0 Å². The Hall–Kier alpha value is -4.05. The summed E-state index contributed by atoms with van der Waals surface area (Å²) in [6, 6.07) is 0. The van der Waals surface area contributed by atoms with Crippen molar-refractivity contribution in [1.82, 2.24) is 0 Å². The van der Waals surface area contributed by atoms with Crippen molar-refractivity contribution in [2.24, 2.45) is 0 Å². The Labute approximate surface area is 403 Å². The van der Waals surface area contributed by atoms with Crippen molar-refractivity contribution in [2.75, 3.05) is 47.5 Å². The number of likely N-dealkylation sites (N-methyl/N-ethyl adjacent to an activating group) is 1. The molecule has 374 valence electrons. The van der Waals surface area contributed by atoms with E-state index < -0.39 is 24.3 Å². The molecule has 0 aromatic rings. The monoisotopic (exact) mass is 921 g/mol. The first-order valence-corrected chi connectivity index (χ1v) is 25.6. The average Bonchev–Trinajstić information content (AvgIpc) is 3.28. The molecule has 0 aliphatic carbocycles. The first-order chi connectivity index (χ1) is 32.1. The lowest BCUT2D eigenvalue weighted by Gasteiger charge is -2.25. The Morgan fingerprint density at radius 2 is 0.864 bits per heavy atom. The topological polar surface area (TPSA) is 108 Å². The molecule has 0 saturated heterocycles. The summed E-state index contributed by atoms with van der Waals surface area (Å²) >= 11 is 0. The third kappa shape index (κ3) is 47.9. The molecule has 9 heteroatoms. The fourth-order valence-corrected chi connectivity index (χ4v) is 6.36. The number of quaternary nitrogens is 1. The zero-order valence-corrected chi connectivity index (χ0v) is 42.3. The highest BCUT2D eigenvalue weighted by atomic mass is 16.7. The molecule has 0 rings (SSSR count). The Balaban J connectivity index is 4.14. The lowest BCUT2D eigenvalue weighted by atomic mass is 10.1. The standard InChI is InChI=1S/C57H93NO8/c1-6-8-10-12-14-15-16-17-18-19-20-21-22-23-24-25-26-27-28-29-30-31-32-33-34-35-36-37-38-39-40-41-42-44-46-48-55(60)66-53(51-64-54(59)47-45-43-13-11-9-7-2)52-65-57(56(61)62)63-50-49-58(3,4)5/h8,10,14-15,17-18,20-21,23-24,26-27,29-30,32-33,35-36,53,57H,6-7,9,11-13,16,19,22,25,28,31,34,37-52H2,1-5H3/p+1/b10-8-,15-14-,18-17-,21-20-,24-23-,27-26-,30-29-,33-32-,36-35-. The minimum absolute atomic E-state index is 0.180. The Bertz CT molecular complexity index is 1440. The number of carboxylic acid groups (broad SMARTS) is 1. The molecule has 0 bridgehead atoms. The van der Waals surface area contributed by atoms with Crippen LogP contribution in [0.1, 0.15) is 174 Å². The van der Waals surface area contributed by atoms with Gasteiger partial charge in [0.05, 0.1) is 34.4 Å². The molecule has 0 saturated carbocycles. The minimum Gasteiger partial charge on any atom is -0.477 e. The van der Waals surface area contributed by atoms with E-state index >= 15 is 0 Å². The summed E-state index contributed by atoms with van der Waals surface area (Å²) in [5.41, 5.74) is 0. The molecule has 0 heterocycles. The van der Waals surface area contributed by atoms with Crippen LogP contribution in [-0.2, 0) is 33.3 Å². The molecule has 0 aromatic heterocycles. The lowest BCUT2D eigenvalue weighted by molar-refractivity contribution is -0.870. The second-order valence-electron chi connectivity index (χ2n) is 17.8. The van der Waals surface area contributed by atoms with Gasteiger partial charge in [-0.05, 0) is 83.5 Å². The van der Waals surface area contributed by atoms with Gasteiger partial charge in [0.2, 0.25) is 0 Å². The first kappa shape index (κ1) is 62.0. The van der Waals surface area contributed by atoms with Crippen molar-refractivity contribution in [3.63, 3.8) is 0 Å². The van der Waals surface area contributed by atoms with Gasteiger partial charge in [-0.3, -0.25) is 9.59 Å². The SMILES string of the molecule is CC/C=C\C/C=C\C/C=C\C/C=C\C/C=C\C/C=C\C/C=C\C/C=C\C/C=C\CCCCCCCCCC(=O)OC(COC(=O)CCCCCCCC)COC(OCC[N+](C)(C)C)C(=O)O. The van der Waals surface area contributed by atoms with Gasteiger partial charge in [0.25, 0.3) is 6.29 Å². The van der Waals surface area contributed by atoms with Crippen LogP contribution in [0.3, 0.4) is 0 Å². The van der Waals surface area contributed by atoms with E-state index in [0.717, 1.165) is 109 Å². The third-order valence-electron chi connectivity index (χ3n) is 10.3. The molecular formula is C57H94NO8+. The summed E-state index contributed by atoms with van der Waals surface area (Å²) in [5, 5.41) is 9.61. The Kier molecular flexibility index (Phi) is 44.5. The smallest absolute Gasteiger partial charge is 0.361 e. The van der Waals surface area contributed by atoms with E-state index in [1.54, 1.807) is 0 Å². The van der Waals surface area contributed by atoms with Gasteiger partial charge in [-0.15, -0.1) is 0 Å². The van der Waals surface area contributed by atoms with Crippen molar-refractivity contribution in [3.05, 3.63) is 109 Å². The van der Waals surface area contributed by atoms with Gasteiger partial charge in [-0.25, -0.2) is 4.79 Å². The highest BCUT2D eigenvalue weighted by Crippen LogP contribution is 2.13. The van der Waals surface area contributed by atoms with Crippen LogP contribution in [0.2, 0.25) is 0 Å². The molecule has 0 aromatic carbocycles. The molecule has 66 heavy (non-hydrogen) atoms. The van der Waals surface area contributed by atoms with E-state index in [4.69, 9.17) is 18.9 Å². The maximum atomic E-state index is 12.7. The van der Waals surface area contributed by atoms with Gasteiger partial charge in [-0.1, -0.05) is 187 Å². The van der Waals surface area contributed by atoms with Crippen LogP contribution in [0.5, 0.6) is 0 Å². The number of allylic oxidation sites excluding steroid dienone is 18. The van der Waals surface area contributed by atoms with Crippen molar-refractivity contribution in [2.45, 2.75) is 187 Å².